The van der Waals surface area contributed by atoms with Crippen molar-refractivity contribution in [1.82, 2.24) is 10.2 Å². The van der Waals surface area contributed by atoms with Gasteiger partial charge in [-0.2, -0.15) is 0 Å². The number of methoxy groups -OCH3 is 2. The third kappa shape index (κ3) is 7.59. The number of hydrogen-bond donors (Lipinski definition) is 1. The van der Waals surface area contributed by atoms with Crippen molar-refractivity contribution in [3.63, 3.8) is 0 Å². The molecule has 2 aromatic rings. The molecule has 1 N–H and O–H groups in total. The van der Waals surface area contributed by atoms with E-state index in [0.717, 1.165) is 24.0 Å². The summed E-state index contributed by atoms with van der Waals surface area (Å²) in [5, 5.41) is 2.96. The third-order valence-corrected chi connectivity index (χ3v) is 5.56. The van der Waals surface area contributed by atoms with Gasteiger partial charge < -0.3 is 19.7 Å². The van der Waals surface area contributed by atoms with Gasteiger partial charge in [0.1, 0.15) is 6.04 Å². The van der Waals surface area contributed by atoms with E-state index in [4.69, 9.17) is 9.47 Å². The first-order chi connectivity index (χ1) is 15.5. The normalized spacial score (nSPS) is 11.5. The molecule has 2 rings (SSSR count). The molecule has 0 heterocycles. The summed E-state index contributed by atoms with van der Waals surface area (Å²) in [5.41, 5.74) is 2.13. The Labute approximate surface area is 191 Å². The molecule has 2 amide bonds. The van der Waals surface area contributed by atoms with Crippen molar-refractivity contribution in [3.05, 3.63) is 59.7 Å². The maximum Gasteiger partial charge on any atom is 0.242 e. The van der Waals surface area contributed by atoms with Crippen molar-refractivity contribution < 1.29 is 19.1 Å². The molecule has 0 aromatic heterocycles. The second-order valence-corrected chi connectivity index (χ2v) is 7.83. The van der Waals surface area contributed by atoms with Gasteiger partial charge in [0.15, 0.2) is 11.5 Å². The van der Waals surface area contributed by atoms with Gasteiger partial charge in [-0.25, -0.2) is 0 Å². The number of carbonyl (C=O) groups excluding carboxylic acids is 2. The number of aryl methyl sites for hydroxylation is 1. The van der Waals surface area contributed by atoms with Gasteiger partial charge in [-0.05, 0) is 49.4 Å². The first-order valence-electron chi connectivity index (χ1n) is 11.3. The lowest BCUT2D eigenvalue weighted by Crippen LogP contribution is -2.49. The van der Waals surface area contributed by atoms with Crippen molar-refractivity contribution in [2.75, 3.05) is 27.3 Å². The first-order valence-corrected chi connectivity index (χ1v) is 11.3. The second-order valence-electron chi connectivity index (χ2n) is 7.83. The molecule has 0 saturated carbocycles. The monoisotopic (exact) mass is 440 g/mol. The van der Waals surface area contributed by atoms with Crippen LogP contribution in [0.15, 0.2) is 48.5 Å². The van der Waals surface area contributed by atoms with E-state index in [1.54, 1.807) is 26.0 Å². The Kier molecular flexibility index (Phi) is 10.6. The average molecular weight is 441 g/mol. The summed E-state index contributed by atoms with van der Waals surface area (Å²) in [4.78, 5) is 27.6. The fourth-order valence-electron chi connectivity index (χ4n) is 3.54. The zero-order valence-corrected chi connectivity index (χ0v) is 19.7. The molecule has 0 radical (unpaired) electrons. The Hall–Kier alpha value is -3.02. The maximum absolute atomic E-state index is 13.2. The number of carbonyl (C=O) groups is 2. The van der Waals surface area contributed by atoms with E-state index in [0.29, 0.717) is 43.9 Å². The van der Waals surface area contributed by atoms with E-state index < -0.39 is 6.04 Å². The van der Waals surface area contributed by atoms with Gasteiger partial charge in [0.25, 0.3) is 0 Å². The topological polar surface area (TPSA) is 67.9 Å². The smallest absolute Gasteiger partial charge is 0.242 e. The molecule has 6 heteroatoms. The molecule has 174 valence electrons. The van der Waals surface area contributed by atoms with Gasteiger partial charge in [-0.3, -0.25) is 9.59 Å². The Morgan fingerprint density at radius 3 is 2.34 bits per heavy atom. The predicted octanol–water partition coefficient (Wildman–Crippen LogP) is 4.01. The van der Waals surface area contributed by atoms with Gasteiger partial charge in [0.2, 0.25) is 11.8 Å². The molecular formula is C26H36N2O4. The van der Waals surface area contributed by atoms with Crippen LogP contribution in [0, 0.1) is 0 Å². The predicted molar refractivity (Wildman–Crippen MR) is 127 cm³/mol. The molecule has 0 bridgehead atoms. The molecule has 0 fully saturated rings. The highest BCUT2D eigenvalue weighted by molar-refractivity contribution is 5.87. The maximum atomic E-state index is 13.2. The van der Waals surface area contributed by atoms with Crippen LogP contribution < -0.4 is 14.8 Å². The molecule has 32 heavy (non-hydrogen) atoms. The quantitative estimate of drug-likeness (QED) is 0.478. The zero-order chi connectivity index (χ0) is 23.3. The number of amides is 2. The number of unbranched alkanes of at least 4 members (excludes halogenated alkanes) is 1. The highest BCUT2D eigenvalue weighted by Gasteiger charge is 2.25. The summed E-state index contributed by atoms with van der Waals surface area (Å²) in [5.74, 6) is 1.16. The summed E-state index contributed by atoms with van der Waals surface area (Å²) in [7, 11) is 3.19. The fourth-order valence-corrected chi connectivity index (χ4v) is 3.54. The Balaban J connectivity index is 2.07. The van der Waals surface area contributed by atoms with Crippen LogP contribution in [0.5, 0.6) is 11.5 Å². The van der Waals surface area contributed by atoms with Crippen molar-refractivity contribution in [2.45, 2.75) is 52.0 Å². The Morgan fingerprint density at radius 1 is 0.969 bits per heavy atom. The Morgan fingerprint density at radius 2 is 1.69 bits per heavy atom. The second kappa shape index (κ2) is 13.4. The highest BCUT2D eigenvalue weighted by Crippen LogP contribution is 2.28. The van der Waals surface area contributed by atoms with Crippen molar-refractivity contribution in [1.29, 1.82) is 0 Å². The van der Waals surface area contributed by atoms with Crippen LogP contribution in [-0.2, 0) is 22.4 Å². The van der Waals surface area contributed by atoms with E-state index in [-0.39, 0.29) is 11.8 Å². The summed E-state index contributed by atoms with van der Waals surface area (Å²) in [6.45, 7) is 5.02. The standard InChI is InChI=1S/C26H36N2O4/c1-5-6-17-27-26(30)20(2)28(18-16-21-10-8-7-9-11-21)25(29)15-13-22-12-14-23(31-3)24(19-22)32-4/h7-12,14,19-20H,5-6,13,15-18H2,1-4H3,(H,27,30)/t20-/m0/s1. The van der Waals surface area contributed by atoms with Crippen LogP contribution in [0.2, 0.25) is 0 Å². The van der Waals surface area contributed by atoms with Crippen LogP contribution >= 0.6 is 0 Å². The van der Waals surface area contributed by atoms with Crippen LogP contribution in [0.1, 0.15) is 44.2 Å². The molecule has 0 aliphatic heterocycles. The van der Waals surface area contributed by atoms with Crippen molar-refractivity contribution in [3.8, 4) is 11.5 Å². The molecule has 6 nitrogen and oxygen atoms in total. The number of nitrogens with one attached hydrogen (secondary N) is 1. The number of hydrogen-bond acceptors (Lipinski definition) is 4. The lowest BCUT2D eigenvalue weighted by atomic mass is 10.1. The number of benzene rings is 2. The number of nitrogens with zero attached hydrogens (tertiary/aromatic N) is 1. The molecule has 1 atom stereocenters. The van der Waals surface area contributed by atoms with E-state index >= 15 is 0 Å². The van der Waals surface area contributed by atoms with Gasteiger partial charge in [-0.1, -0.05) is 49.7 Å². The van der Waals surface area contributed by atoms with Gasteiger partial charge in [-0.15, -0.1) is 0 Å². The number of ether oxygens (including phenoxy) is 2. The third-order valence-electron chi connectivity index (χ3n) is 5.56. The minimum Gasteiger partial charge on any atom is -0.493 e. The summed E-state index contributed by atoms with van der Waals surface area (Å²) in [6.07, 6.45) is 3.52. The summed E-state index contributed by atoms with van der Waals surface area (Å²) >= 11 is 0. The van der Waals surface area contributed by atoms with Crippen LogP contribution in [-0.4, -0.2) is 50.1 Å². The first kappa shape index (κ1) is 25.2. The molecule has 0 aliphatic carbocycles. The molecule has 0 spiro atoms. The van der Waals surface area contributed by atoms with E-state index in [2.05, 4.69) is 12.2 Å². The lowest BCUT2D eigenvalue weighted by molar-refractivity contribution is -0.139. The number of rotatable bonds is 13. The van der Waals surface area contributed by atoms with E-state index in [9.17, 15) is 9.59 Å². The van der Waals surface area contributed by atoms with Crippen molar-refractivity contribution >= 4 is 11.8 Å². The van der Waals surface area contributed by atoms with Crippen LogP contribution in [0.4, 0.5) is 0 Å². The molecule has 0 unspecified atom stereocenters. The van der Waals surface area contributed by atoms with Gasteiger partial charge in [0.05, 0.1) is 14.2 Å². The highest BCUT2D eigenvalue weighted by atomic mass is 16.5. The zero-order valence-electron chi connectivity index (χ0n) is 19.7. The molecular weight excluding hydrogens is 404 g/mol. The average Bonchev–Trinajstić information content (AvgIpc) is 2.83. The minimum atomic E-state index is -0.520. The van der Waals surface area contributed by atoms with E-state index in [1.807, 2.05) is 48.5 Å². The van der Waals surface area contributed by atoms with E-state index in [1.165, 1.54) is 0 Å². The van der Waals surface area contributed by atoms with Gasteiger partial charge >= 0.3 is 0 Å². The van der Waals surface area contributed by atoms with Crippen molar-refractivity contribution in [2.24, 2.45) is 0 Å². The minimum absolute atomic E-state index is 0.0335. The van der Waals surface area contributed by atoms with Gasteiger partial charge in [0, 0.05) is 19.5 Å². The summed E-state index contributed by atoms with van der Waals surface area (Å²) < 4.78 is 10.6. The largest absolute Gasteiger partial charge is 0.493 e. The fraction of sp³-hybridized carbons (Fsp3) is 0.462. The molecule has 0 aliphatic rings. The Bertz CT molecular complexity index is 854. The van der Waals surface area contributed by atoms with Crippen LogP contribution in [0.25, 0.3) is 0 Å². The van der Waals surface area contributed by atoms with Crippen LogP contribution in [0.3, 0.4) is 0 Å². The SMILES string of the molecule is CCCCNC(=O)[C@H](C)N(CCc1ccccc1)C(=O)CCc1ccc(OC)c(OC)c1. The summed E-state index contributed by atoms with van der Waals surface area (Å²) in [6, 6.07) is 15.2. The molecule has 0 saturated heterocycles. The molecule has 2 aromatic carbocycles. The lowest BCUT2D eigenvalue weighted by Gasteiger charge is -2.29.